The maximum atomic E-state index is 12.4. The number of ether oxygens (including phenoxy) is 2. The van der Waals surface area contributed by atoms with Crippen LogP contribution in [0.25, 0.3) is 0 Å². The summed E-state index contributed by atoms with van der Waals surface area (Å²) in [5, 5.41) is 0. The predicted octanol–water partition coefficient (Wildman–Crippen LogP) is 12.0. The summed E-state index contributed by atoms with van der Waals surface area (Å²) in [6, 6.07) is 0. The first-order chi connectivity index (χ1) is 24.3. The highest BCUT2D eigenvalue weighted by molar-refractivity contribution is 7.46. The number of hydrogen-bond donors (Lipinski definition) is 2. The SMILES string of the molecule is CC/C=C/C/C=C/C/C=C/CCCCCCCC(=O)OC[C@H](COP(=O)(O)O)OC(=O)CCCCCCCCC/C=C/CCCCCCCC. The van der Waals surface area contributed by atoms with Gasteiger partial charge in [0.15, 0.2) is 6.10 Å². The molecule has 50 heavy (non-hydrogen) atoms. The average molecular weight is 725 g/mol. The van der Waals surface area contributed by atoms with Crippen LogP contribution in [0.15, 0.2) is 48.6 Å². The van der Waals surface area contributed by atoms with Gasteiger partial charge in [-0.1, -0.05) is 146 Å². The maximum Gasteiger partial charge on any atom is 0.469 e. The summed E-state index contributed by atoms with van der Waals surface area (Å²) in [6.45, 7) is 3.55. The van der Waals surface area contributed by atoms with E-state index in [4.69, 9.17) is 19.3 Å². The number of carbonyl (C=O) groups is 2. The molecular formula is C41H73O8P. The lowest BCUT2D eigenvalue weighted by Gasteiger charge is -2.18. The molecule has 0 aliphatic rings. The smallest absolute Gasteiger partial charge is 0.462 e. The van der Waals surface area contributed by atoms with Gasteiger partial charge in [0.05, 0.1) is 6.61 Å². The van der Waals surface area contributed by atoms with Crippen LogP contribution in [0.3, 0.4) is 0 Å². The molecule has 0 aliphatic heterocycles. The number of hydrogen-bond acceptors (Lipinski definition) is 6. The van der Waals surface area contributed by atoms with Crippen molar-refractivity contribution < 1.29 is 37.9 Å². The van der Waals surface area contributed by atoms with Gasteiger partial charge in [-0.05, 0) is 70.6 Å². The van der Waals surface area contributed by atoms with Crippen LogP contribution < -0.4 is 0 Å². The first-order valence-corrected chi connectivity index (χ1v) is 21.5. The van der Waals surface area contributed by atoms with Crippen LogP contribution in [0, 0.1) is 0 Å². The molecule has 1 atom stereocenters. The molecule has 290 valence electrons. The summed E-state index contributed by atoms with van der Waals surface area (Å²) in [5.74, 6) is -0.910. The molecule has 0 unspecified atom stereocenters. The van der Waals surface area contributed by atoms with Gasteiger partial charge in [0, 0.05) is 12.8 Å². The van der Waals surface area contributed by atoms with Crippen LogP contribution in [0.4, 0.5) is 0 Å². The Bertz CT molecular complexity index is 952. The Morgan fingerprint density at radius 3 is 1.46 bits per heavy atom. The topological polar surface area (TPSA) is 119 Å². The van der Waals surface area contributed by atoms with Gasteiger partial charge in [0.1, 0.15) is 6.61 Å². The fourth-order valence-electron chi connectivity index (χ4n) is 5.38. The quantitative estimate of drug-likeness (QED) is 0.0284. The van der Waals surface area contributed by atoms with Crippen LogP contribution >= 0.6 is 7.82 Å². The first kappa shape index (κ1) is 48.0. The molecule has 2 N–H and O–H groups in total. The van der Waals surface area contributed by atoms with E-state index in [1.807, 2.05) is 0 Å². The Balaban J connectivity index is 3.97. The van der Waals surface area contributed by atoms with Crippen LogP contribution in [-0.2, 0) is 28.2 Å². The number of esters is 2. The molecule has 0 saturated heterocycles. The van der Waals surface area contributed by atoms with Crippen LogP contribution in [0.1, 0.15) is 181 Å². The number of unbranched alkanes of at least 4 members (excludes halogenated alkanes) is 18. The second-order valence-corrected chi connectivity index (χ2v) is 14.5. The molecule has 0 bridgehead atoms. The lowest BCUT2D eigenvalue weighted by atomic mass is 10.1. The highest BCUT2D eigenvalue weighted by Gasteiger charge is 2.22. The third kappa shape index (κ3) is 38.8. The van der Waals surface area contributed by atoms with E-state index in [2.05, 4.69) is 67.0 Å². The van der Waals surface area contributed by atoms with Crippen molar-refractivity contribution in [2.24, 2.45) is 0 Å². The monoisotopic (exact) mass is 725 g/mol. The van der Waals surface area contributed by atoms with E-state index in [1.165, 1.54) is 64.2 Å². The first-order valence-electron chi connectivity index (χ1n) is 19.9. The molecule has 0 heterocycles. The standard InChI is InChI=1S/C41H73O8P/c1-3-5-7-9-11-13-15-17-19-20-22-24-26-28-30-32-34-36-41(43)49-39(38-48-50(44,45)46)37-47-40(42)35-33-31-29-27-25-23-21-18-16-14-12-10-8-6-4-2/h6,8,12,14,17-19,21,39H,3-5,7,9-11,13,15-16,20,22-38H2,1-2H3,(H2,44,45,46)/b8-6+,14-12+,19-17+,21-18+/t39-/m1/s1. The lowest BCUT2D eigenvalue weighted by Crippen LogP contribution is -2.29. The zero-order chi connectivity index (χ0) is 36.8. The minimum absolute atomic E-state index is 0.202. The van der Waals surface area contributed by atoms with E-state index in [-0.39, 0.29) is 19.4 Å². The summed E-state index contributed by atoms with van der Waals surface area (Å²) >= 11 is 0. The van der Waals surface area contributed by atoms with Gasteiger partial charge >= 0.3 is 19.8 Å². The highest BCUT2D eigenvalue weighted by atomic mass is 31.2. The minimum atomic E-state index is -4.76. The minimum Gasteiger partial charge on any atom is -0.462 e. The molecule has 0 saturated carbocycles. The molecule has 0 aromatic rings. The molecule has 0 fully saturated rings. The number of carbonyl (C=O) groups excluding carboxylic acids is 2. The van der Waals surface area contributed by atoms with Crippen molar-refractivity contribution in [2.75, 3.05) is 13.2 Å². The van der Waals surface area contributed by atoms with E-state index in [0.717, 1.165) is 77.0 Å². The van der Waals surface area contributed by atoms with Gasteiger partial charge in [0.2, 0.25) is 0 Å². The Labute approximate surface area is 305 Å². The molecule has 0 aliphatic carbocycles. The van der Waals surface area contributed by atoms with Crippen molar-refractivity contribution in [1.29, 1.82) is 0 Å². The zero-order valence-corrected chi connectivity index (χ0v) is 32.7. The van der Waals surface area contributed by atoms with Crippen molar-refractivity contribution in [3.63, 3.8) is 0 Å². The van der Waals surface area contributed by atoms with Crippen molar-refractivity contribution in [3.05, 3.63) is 48.6 Å². The summed E-state index contributed by atoms with van der Waals surface area (Å²) in [6.07, 6.45) is 44.0. The largest absolute Gasteiger partial charge is 0.469 e. The van der Waals surface area contributed by atoms with Gasteiger partial charge in [-0.15, -0.1) is 0 Å². The third-order valence-corrected chi connectivity index (χ3v) is 8.82. The molecule has 0 aromatic carbocycles. The van der Waals surface area contributed by atoms with Gasteiger partial charge in [-0.25, -0.2) is 4.57 Å². The fraction of sp³-hybridized carbons (Fsp3) is 0.756. The summed E-state index contributed by atoms with van der Waals surface area (Å²) in [5.41, 5.74) is 0. The zero-order valence-electron chi connectivity index (χ0n) is 31.8. The van der Waals surface area contributed by atoms with Crippen LogP contribution in [0.5, 0.6) is 0 Å². The normalized spacial score (nSPS) is 13.0. The second-order valence-electron chi connectivity index (χ2n) is 13.2. The van der Waals surface area contributed by atoms with Gasteiger partial charge in [0.25, 0.3) is 0 Å². The molecule has 0 radical (unpaired) electrons. The van der Waals surface area contributed by atoms with E-state index < -0.39 is 32.5 Å². The molecule has 0 rings (SSSR count). The number of phosphoric ester groups is 1. The van der Waals surface area contributed by atoms with Gasteiger partial charge in [-0.2, -0.15) is 0 Å². The van der Waals surface area contributed by atoms with E-state index in [1.54, 1.807) is 0 Å². The van der Waals surface area contributed by atoms with E-state index in [9.17, 15) is 14.2 Å². The molecule has 9 heteroatoms. The maximum absolute atomic E-state index is 12.4. The Morgan fingerprint density at radius 2 is 0.960 bits per heavy atom. The lowest BCUT2D eigenvalue weighted by molar-refractivity contribution is -0.161. The number of allylic oxidation sites excluding steroid dienone is 8. The average Bonchev–Trinajstić information content (AvgIpc) is 3.08. The fourth-order valence-corrected chi connectivity index (χ4v) is 5.74. The molecule has 0 amide bonds. The Morgan fingerprint density at radius 1 is 0.540 bits per heavy atom. The number of rotatable bonds is 36. The second kappa shape index (κ2) is 36.8. The van der Waals surface area contributed by atoms with Crippen molar-refractivity contribution in [2.45, 2.75) is 187 Å². The molecule has 8 nitrogen and oxygen atoms in total. The summed E-state index contributed by atoms with van der Waals surface area (Å²) in [7, 11) is -4.76. The molecule has 0 spiro atoms. The number of phosphoric acid groups is 1. The van der Waals surface area contributed by atoms with Gasteiger partial charge < -0.3 is 19.3 Å². The van der Waals surface area contributed by atoms with Crippen molar-refractivity contribution in [3.8, 4) is 0 Å². The Hall–Kier alpha value is -1.99. The van der Waals surface area contributed by atoms with E-state index >= 15 is 0 Å². The van der Waals surface area contributed by atoms with Crippen molar-refractivity contribution >= 4 is 19.8 Å². The third-order valence-electron chi connectivity index (χ3n) is 8.33. The highest BCUT2D eigenvalue weighted by Crippen LogP contribution is 2.36. The summed E-state index contributed by atoms with van der Waals surface area (Å²) in [4.78, 5) is 42.8. The summed E-state index contributed by atoms with van der Waals surface area (Å²) < 4.78 is 26.3. The Kier molecular flexibility index (Phi) is 35.3. The molecular weight excluding hydrogens is 651 g/mol. The van der Waals surface area contributed by atoms with Crippen molar-refractivity contribution in [1.82, 2.24) is 0 Å². The van der Waals surface area contributed by atoms with Gasteiger partial charge in [-0.3, -0.25) is 14.1 Å². The van der Waals surface area contributed by atoms with Crippen LogP contribution in [-0.4, -0.2) is 41.0 Å². The molecule has 0 aromatic heterocycles. The van der Waals surface area contributed by atoms with E-state index in [0.29, 0.717) is 12.8 Å². The van der Waals surface area contributed by atoms with Crippen LogP contribution in [0.2, 0.25) is 0 Å². The predicted molar refractivity (Wildman–Crippen MR) is 207 cm³/mol.